The summed E-state index contributed by atoms with van der Waals surface area (Å²) < 4.78 is 8.81. The molecule has 0 bridgehead atoms. The number of aryl methyl sites for hydroxylation is 2. The summed E-state index contributed by atoms with van der Waals surface area (Å²) in [5.74, 6) is 2.34. The SMILES string of the molecule is O=c1c2c3c(oc2nc(CSC(=S)c2ccccc2)n1C1CCCCC1)CCC3. The van der Waals surface area contributed by atoms with Crippen molar-refractivity contribution in [3.63, 3.8) is 0 Å². The summed E-state index contributed by atoms with van der Waals surface area (Å²) in [4.78, 5) is 18.5. The zero-order chi connectivity index (χ0) is 19.8. The van der Waals surface area contributed by atoms with Crippen LogP contribution in [0.25, 0.3) is 11.1 Å². The number of furan rings is 1. The lowest BCUT2D eigenvalue weighted by atomic mass is 9.95. The minimum absolute atomic E-state index is 0.0926. The topological polar surface area (TPSA) is 48.0 Å². The van der Waals surface area contributed by atoms with E-state index >= 15 is 0 Å². The van der Waals surface area contributed by atoms with Crippen molar-refractivity contribution in [3.05, 3.63) is 63.4 Å². The van der Waals surface area contributed by atoms with Crippen LogP contribution < -0.4 is 5.56 Å². The first-order valence-corrected chi connectivity index (χ1v) is 11.9. The lowest BCUT2D eigenvalue weighted by molar-refractivity contribution is 0.338. The zero-order valence-corrected chi connectivity index (χ0v) is 18.0. The van der Waals surface area contributed by atoms with Crippen molar-refractivity contribution in [2.24, 2.45) is 0 Å². The lowest BCUT2D eigenvalue weighted by Crippen LogP contribution is -2.30. The molecule has 0 aliphatic heterocycles. The number of rotatable bonds is 4. The van der Waals surface area contributed by atoms with Crippen molar-refractivity contribution in [1.82, 2.24) is 9.55 Å². The van der Waals surface area contributed by atoms with E-state index in [-0.39, 0.29) is 11.6 Å². The average molecular weight is 425 g/mol. The molecule has 2 aliphatic carbocycles. The maximum atomic E-state index is 13.6. The number of hydrogen-bond acceptors (Lipinski definition) is 5. The normalized spacial score (nSPS) is 17.0. The van der Waals surface area contributed by atoms with Crippen LogP contribution in [0.15, 0.2) is 39.5 Å². The summed E-state index contributed by atoms with van der Waals surface area (Å²) in [5.41, 5.74) is 2.75. The van der Waals surface area contributed by atoms with E-state index in [0.717, 1.165) is 64.4 Å². The van der Waals surface area contributed by atoms with Crippen molar-refractivity contribution in [2.75, 3.05) is 0 Å². The van der Waals surface area contributed by atoms with Gasteiger partial charge in [-0.05, 0) is 31.2 Å². The fourth-order valence-corrected chi connectivity index (χ4v) is 5.78. The van der Waals surface area contributed by atoms with Gasteiger partial charge in [-0.3, -0.25) is 9.36 Å². The van der Waals surface area contributed by atoms with E-state index in [4.69, 9.17) is 21.6 Å². The number of fused-ring (bicyclic) bond motifs is 3. The molecular weight excluding hydrogens is 400 g/mol. The standard InChI is InChI=1S/C23H24N2O2S2/c26-22-20-17-12-7-13-18(17)27-21(20)24-19(25(22)16-10-5-2-6-11-16)14-29-23(28)15-8-3-1-4-9-15/h1,3-4,8-9,16H,2,5-7,10-14H2. The molecule has 29 heavy (non-hydrogen) atoms. The number of hydrogen-bond donors (Lipinski definition) is 0. The van der Waals surface area contributed by atoms with Crippen molar-refractivity contribution in [2.45, 2.75) is 63.2 Å². The van der Waals surface area contributed by atoms with Gasteiger partial charge in [0.2, 0.25) is 5.71 Å². The highest BCUT2D eigenvalue weighted by Crippen LogP contribution is 2.33. The van der Waals surface area contributed by atoms with E-state index in [2.05, 4.69) is 0 Å². The minimum Gasteiger partial charge on any atom is -0.442 e. The van der Waals surface area contributed by atoms with Crippen LogP contribution in [0.1, 0.15) is 67.3 Å². The van der Waals surface area contributed by atoms with Gasteiger partial charge in [0.05, 0.1) is 9.95 Å². The Kier molecular flexibility index (Phi) is 5.31. The predicted molar refractivity (Wildman–Crippen MR) is 122 cm³/mol. The smallest absolute Gasteiger partial charge is 0.265 e. The number of aromatic nitrogens is 2. The van der Waals surface area contributed by atoms with Crippen LogP contribution in [0.4, 0.5) is 0 Å². The van der Waals surface area contributed by atoms with Crippen LogP contribution in [0.3, 0.4) is 0 Å². The molecule has 2 aliphatic rings. The van der Waals surface area contributed by atoms with Gasteiger partial charge in [-0.15, -0.1) is 11.8 Å². The largest absolute Gasteiger partial charge is 0.442 e. The highest BCUT2D eigenvalue weighted by atomic mass is 32.2. The fraction of sp³-hybridized carbons (Fsp3) is 0.435. The number of benzene rings is 1. The molecule has 150 valence electrons. The third-order valence-electron chi connectivity index (χ3n) is 6.13. The molecule has 0 radical (unpaired) electrons. The summed E-state index contributed by atoms with van der Waals surface area (Å²) in [7, 11) is 0. The molecule has 0 amide bonds. The third-order valence-corrected chi connectivity index (χ3v) is 7.62. The first-order valence-electron chi connectivity index (χ1n) is 10.5. The number of thiocarbonyl (C=S) groups is 1. The molecule has 2 heterocycles. The van der Waals surface area contributed by atoms with Crippen molar-refractivity contribution >= 4 is 39.3 Å². The van der Waals surface area contributed by atoms with Crippen molar-refractivity contribution < 1.29 is 4.42 Å². The molecule has 1 saturated carbocycles. The van der Waals surface area contributed by atoms with Crippen LogP contribution in [0, 0.1) is 0 Å². The highest BCUT2D eigenvalue weighted by molar-refractivity contribution is 8.23. The summed E-state index contributed by atoms with van der Waals surface area (Å²) >= 11 is 7.20. The Morgan fingerprint density at radius 2 is 1.93 bits per heavy atom. The van der Waals surface area contributed by atoms with Crippen LogP contribution in [-0.2, 0) is 18.6 Å². The van der Waals surface area contributed by atoms with Gasteiger partial charge in [-0.1, -0.05) is 61.8 Å². The van der Waals surface area contributed by atoms with Crippen LogP contribution in [0.2, 0.25) is 0 Å². The second-order valence-electron chi connectivity index (χ2n) is 7.97. The van der Waals surface area contributed by atoms with E-state index in [1.807, 2.05) is 34.9 Å². The Labute approximate surface area is 179 Å². The highest BCUT2D eigenvalue weighted by Gasteiger charge is 2.28. The van der Waals surface area contributed by atoms with Crippen molar-refractivity contribution in [3.8, 4) is 0 Å². The molecule has 0 N–H and O–H groups in total. The van der Waals surface area contributed by atoms with E-state index in [9.17, 15) is 4.79 Å². The van der Waals surface area contributed by atoms with E-state index < -0.39 is 0 Å². The molecule has 1 aromatic carbocycles. The Hall–Kier alpha value is -1.92. The Morgan fingerprint density at radius 3 is 2.72 bits per heavy atom. The van der Waals surface area contributed by atoms with Gasteiger partial charge >= 0.3 is 0 Å². The predicted octanol–water partition coefficient (Wildman–Crippen LogP) is 5.59. The summed E-state index contributed by atoms with van der Waals surface area (Å²) in [5, 5.41) is 0.724. The first-order chi connectivity index (χ1) is 14.2. The quantitative estimate of drug-likeness (QED) is 0.511. The monoisotopic (exact) mass is 424 g/mol. The van der Waals surface area contributed by atoms with Gasteiger partial charge in [0.25, 0.3) is 5.56 Å². The van der Waals surface area contributed by atoms with Crippen LogP contribution >= 0.6 is 24.0 Å². The van der Waals surface area contributed by atoms with Gasteiger partial charge in [-0.25, -0.2) is 0 Å². The zero-order valence-electron chi connectivity index (χ0n) is 16.4. The molecule has 0 unspecified atom stereocenters. The molecular formula is C23H24N2O2S2. The molecule has 2 aromatic heterocycles. The molecule has 6 heteroatoms. The van der Waals surface area contributed by atoms with Crippen LogP contribution in [0.5, 0.6) is 0 Å². The Bertz CT molecular complexity index is 1110. The fourth-order valence-electron chi connectivity index (χ4n) is 4.70. The molecule has 3 aromatic rings. The molecule has 0 saturated heterocycles. The third kappa shape index (κ3) is 3.57. The molecule has 0 spiro atoms. The molecule has 1 fully saturated rings. The van der Waals surface area contributed by atoms with Gasteiger partial charge in [-0.2, -0.15) is 4.98 Å². The second-order valence-corrected chi connectivity index (χ2v) is 9.63. The van der Waals surface area contributed by atoms with Gasteiger partial charge < -0.3 is 4.42 Å². The number of nitrogens with zero attached hydrogens (tertiary/aromatic N) is 2. The molecule has 0 atom stereocenters. The summed E-state index contributed by atoms with van der Waals surface area (Å²) in [6.45, 7) is 0. The second kappa shape index (κ2) is 8.07. The Balaban J connectivity index is 1.54. The Morgan fingerprint density at radius 1 is 1.14 bits per heavy atom. The van der Waals surface area contributed by atoms with E-state index in [1.54, 1.807) is 11.8 Å². The first kappa shape index (κ1) is 19.1. The summed E-state index contributed by atoms with van der Waals surface area (Å²) in [6, 6.07) is 10.3. The molecule has 5 rings (SSSR count). The van der Waals surface area contributed by atoms with Crippen molar-refractivity contribution in [1.29, 1.82) is 0 Å². The van der Waals surface area contributed by atoms with Gasteiger partial charge in [0, 0.05) is 18.0 Å². The van der Waals surface area contributed by atoms with Crippen LogP contribution in [-0.4, -0.2) is 13.7 Å². The molecule has 4 nitrogen and oxygen atoms in total. The van der Waals surface area contributed by atoms with Gasteiger partial charge in [0.1, 0.15) is 17.0 Å². The minimum atomic E-state index is 0.0926. The number of thioether (sulfide) groups is 1. The summed E-state index contributed by atoms with van der Waals surface area (Å²) in [6.07, 6.45) is 8.61. The average Bonchev–Trinajstić information content (AvgIpc) is 3.34. The van der Waals surface area contributed by atoms with E-state index in [0.29, 0.717) is 11.5 Å². The maximum absolute atomic E-state index is 13.6. The van der Waals surface area contributed by atoms with E-state index in [1.165, 1.54) is 19.3 Å². The maximum Gasteiger partial charge on any atom is 0.265 e. The van der Waals surface area contributed by atoms with Gasteiger partial charge in [0.15, 0.2) is 0 Å². The lowest BCUT2D eigenvalue weighted by Gasteiger charge is -2.26.